The van der Waals surface area contributed by atoms with E-state index >= 15 is 0 Å². The molecule has 0 saturated carbocycles. The van der Waals surface area contributed by atoms with Crippen LogP contribution in [0.2, 0.25) is 0 Å². The molecule has 0 aromatic heterocycles. The Kier molecular flexibility index (Phi) is 15.0. The molecule has 0 spiro atoms. The topological polar surface area (TPSA) is 290 Å². The minimum atomic E-state index is -1.57. The summed E-state index contributed by atoms with van der Waals surface area (Å²) < 4.78 is 0. The van der Waals surface area contributed by atoms with Crippen molar-refractivity contribution >= 4 is 85.4 Å². The fraction of sp³-hybridized carbons (Fsp3) is 0.400. The molecule has 12 N–H and O–H groups in total. The molecular formula is C30H39N9O8S2. The van der Waals surface area contributed by atoms with Crippen molar-refractivity contribution in [2.75, 3.05) is 29.9 Å². The Hall–Kier alpha value is -5.04. The van der Waals surface area contributed by atoms with E-state index < -0.39 is 72.5 Å². The number of carbonyl (C=O) groups excluding carboxylic acids is 6. The lowest BCUT2D eigenvalue weighted by Gasteiger charge is -2.20. The van der Waals surface area contributed by atoms with Gasteiger partial charge in [-0.3, -0.25) is 38.6 Å². The Labute approximate surface area is 289 Å². The number of hydrogen-bond acceptors (Lipinski definition) is 10. The van der Waals surface area contributed by atoms with Crippen molar-refractivity contribution < 1.29 is 38.7 Å². The normalized spacial score (nSPS) is 20.2. The number of rotatable bonds is 8. The highest BCUT2D eigenvalue weighted by Gasteiger charge is 2.27. The molecule has 2 aromatic carbocycles. The molecule has 264 valence electrons. The first-order valence-corrected chi connectivity index (χ1v) is 17.6. The Morgan fingerprint density at radius 2 is 1.63 bits per heavy atom. The maximum absolute atomic E-state index is 13.4. The van der Waals surface area contributed by atoms with Crippen LogP contribution in [0.1, 0.15) is 42.5 Å². The lowest BCUT2D eigenvalue weighted by atomic mass is 10.0. The molecule has 2 aromatic rings. The second-order valence-corrected chi connectivity index (χ2v) is 13.5. The van der Waals surface area contributed by atoms with Crippen LogP contribution in [0, 0.1) is 0 Å². The number of fused-ring (bicyclic) bond motifs is 4. The molecule has 1 aliphatic heterocycles. The van der Waals surface area contributed by atoms with Gasteiger partial charge in [0, 0.05) is 35.7 Å². The summed E-state index contributed by atoms with van der Waals surface area (Å²) in [5.41, 5.74) is 16.5. The number of benzene rings is 2. The van der Waals surface area contributed by atoms with Crippen molar-refractivity contribution in [1.82, 2.24) is 21.3 Å². The van der Waals surface area contributed by atoms with E-state index in [-0.39, 0.29) is 35.8 Å². The van der Waals surface area contributed by atoms with Crippen LogP contribution in [0.4, 0.5) is 5.69 Å². The van der Waals surface area contributed by atoms with Gasteiger partial charge in [0.1, 0.15) is 18.1 Å². The summed E-state index contributed by atoms with van der Waals surface area (Å²) in [6.45, 7) is -0.308. The number of amides is 6. The van der Waals surface area contributed by atoms with E-state index in [2.05, 4.69) is 31.6 Å². The zero-order valence-electron chi connectivity index (χ0n) is 26.4. The predicted octanol–water partition coefficient (Wildman–Crippen LogP) is -0.849. The molecule has 3 atom stereocenters. The number of aliphatic imine (C=N–C) groups is 1. The van der Waals surface area contributed by atoms with Crippen molar-refractivity contribution in [2.45, 2.75) is 50.2 Å². The van der Waals surface area contributed by atoms with E-state index in [0.717, 1.165) is 0 Å². The summed E-state index contributed by atoms with van der Waals surface area (Å²) in [7, 11) is 2.48. The maximum atomic E-state index is 13.4. The molecule has 1 heterocycles. The molecule has 6 amide bonds. The van der Waals surface area contributed by atoms with Crippen molar-refractivity contribution in [1.29, 1.82) is 0 Å². The fourth-order valence-electron chi connectivity index (χ4n) is 4.66. The summed E-state index contributed by atoms with van der Waals surface area (Å²) in [5, 5.41) is 23.0. The number of primary amides is 1. The van der Waals surface area contributed by atoms with Gasteiger partial charge in [0.05, 0.1) is 13.0 Å². The molecule has 0 fully saturated rings. The maximum Gasteiger partial charge on any atom is 0.305 e. The number of nitrogens with one attached hydrogen (secondary N) is 5. The summed E-state index contributed by atoms with van der Waals surface area (Å²) in [6.07, 6.45) is 0.361. The number of hydrogen-bond donors (Lipinski definition) is 9. The molecule has 1 aliphatic rings. The van der Waals surface area contributed by atoms with E-state index in [1.54, 1.807) is 30.3 Å². The van der Waals surface area contributed by atoms with E-state index in [4.69, 9.17) is 17.2 Å². The quantitative estimate of drug-likeness (QED) is 0.0699. The first-order chi connectivity index (χ1) is 23.3. The van der Waals surface area contributed by atoms with Gasteiger partial charge < -0.3 is 48.9 Å². The van der Waals surface area contributed by atoms with Crippen LogP contribution in [0.5, 0.6) is 0 Å². The van der Waals surface area contributed by atoms with Gasteiger partial charge in [-0.25, -0.2) is 0 Å². The van der Waals surface area contributed by atoms with Gasteiger partial charge in [-0.05, 0) is 42.2 Å². The second-order valence-electron chi connectivity index (χ2n) is 10.9. The Morgan fingerprint density at radius 3 is 2.35 bits per heavy atom. The fourth-order valence-corrected chi connectivity index (χ4v) is 6.83. The molecule has 0 aliphatic carbocycles. The SMILES string of the molecule is NC(=O)C1CSSCCC(=O)N[C@@H](CCCCN=C(N)N)C(=O)NCC(=O)N[C@@H](CC(=O)O)C(=O)Nc2cc(c3ccccc3c2)C(=O)N1. The number of anilines is 1. The molecule has 49 heavy (non-hydrogen) atoms. The third kappa shape index (κ3) is 12.8. The summed E-state index contributed by atoms with van der Waals surface area (Å²) >= 11 is 0. The van der Waals surface area contributed by atoms with Crippen LogP contribution in [-0.2, 0) is 28.8 Å². The van der Waals surface area contributed by atoms with Gasteiger partial charge in [-0.1, -0.05) is 45.9 Å². The van der Waals surface area contributed by atoms with Gasteiger partial charge in [0.15, 0.2) is 5.96 Å². The van der Waals surface area contributed by atoms with Crippen molar-refractivity contribution in [3.8, 4) is 0 Å². The van der Waals surface area contributed by atoms with E-state index in [0.29, 0.717) is 35.9 Å². The first-order valence-electron chi connectivity index (χ1n) is 15.2. The summed E-state index contributed by atoms with van der Waals surface area (Å²) in [6, 6.07) is 6.02. The molecule has 19 heteroatoms. The van der Waals surface area contributed by atoms with Crippen molar-refractivity contribution in [2.24, 2.45) is 22.2 Å². The lowest BCUT2D eigenvalue weighted by molar-refractivity contribution is -0.140. The van der Waals surface area contributed by atoms with Gasteiger partial charge in [-0.2, -0.15) is 0 Å². The van der Waals surface area contributed by atoms with Crippen molar-refractivity contribution in [3.63, 3.8) is 0 Å². The number of carboxylic acids is 1. The summed E-state index contributed by atoms with van der Waals surface area (Å²) in [4.78, 5) is 93.0. The van der Waals surface area contributed by atoms with Crippen LogP contribution in [-0.4, -0.2) is 95.2 Å². The van der Waals surface area contributed by atoms with Crippen LogP contribution in [0.25, 0.3) is 10.8 Å². The van der Waals surface area contributed by atoms with Crippen molar-refractivity contribution in [3.05, 3.63) is 42.0 Å². The van der Waals surface area contributed by atoms with Gasteiger partial charge in [-0.15, -0.1) is 0 Å². The number of carboxylic acid groups (broad SMARTS) is 1. The number of nitrogens with zero attached hydrogens (tertiary/aromatic N) is 1. The molecule has 17 nitrogen and oxygen atoms in total. The third-order valence-corrected chi connectivity index (χ3v) is 9.47. The highest BCUT2D eigenvalue weighted by Crippen LogP contribution is 2.26. The largest absolute Gasteiger partial charge is 0.481 e. The molecule has 0 radical (unpaired) electrons. The van der Waals surface area contributed by atoms with Crippen LogP contribution < -0.4 is 43.8 Å². The van der Waals surface area contributed by atoms with E-state index in [9.17, 15) is 38.7 Å². The minimum absolute atomic E-state index is 0.00823. The molecular weight excluding hydrogens is 679 g/mol. The average Bonchev–Trinajstić information content (AvgIpc) is 3.04. The third-order valence-electron chi connectivity index (χ3n) is 7.05. The molecule has 3 rings (SSSR count). The average molecular weight is 718 g/mol. The van der Waals surface area contributed by atoms with Crippen LogP contribution in [0.3, 0.4) is 0 Å². The Bertz CT molecular complexity index is 1600. The number of nitrogens with two attached hydrogens (primary N) is 3. The van der Waals surface area contributed by atoms with E-state index in [1.807, 2.05) is 0 Å². The smallest absolute Gasteiger partial charge is 0.305 e. The molecule has 2 bridgehead atoms. The lowest BCUT2D eigenvalue weighted by Crippen LogP contribution is -2.51. The Morgan fingerprint density at radius 1 is 0.898 bits per heavy atom. The van der Waals surface area contributed by atoms with Gasteiger partial charge in [0.2, 0.25) is 29.5 Å². The zero-order valence-corrected chi connectivity index (χ0v) is 28.0. The zero-order chi connectivity index (χ0) is 35.9. The highest BCUT2D eigenvalue weighted by atomic mass is 33.1. The number of aliphatic carboxylic acids is 1. The number of guanidine groups is 1. The molecule has 1 unspecified atom stereocenters. The predicted molar refractivity (Wildman–Crippen MR) is 186 cm³/mol. The van der Waals surface area contributed by atoms with E-state index in [1.165, 1.54) is 27.7 Å². The second kappa shape index (κ2) is 19.1. The standard InChI is InChI=1S/C30H39N9O8S2/c31-26(44)22-15-49-48-10-8-23(40)37-20(7-3-4-9-34-30(32)33)28(46)35-14-24(41)38-21(13-25(42)43)29(47)36-17-11-16-5-1-2-6-18(16)19(12-17)27(45)39-22/h1-2,5-6,11-12,20-22H,3-4,7-10,13-15H2,(H2,31,44)(H,35,46)(H,36,47)(H,37,40)(H,38,41)(H,39,45)(H,42,43)(H4,32,33,34)/t20-,21-,22?/m0/s1. The summed E-state index contributed by atoms with van der Waals surface area (Å²) in [5.74, 6) is -5.41. The number of carbonyl (C=O) groups is 7. The van der Waals surface area contributed by atoms with Crippen LogP contribution >= 0.6 is 21.6 Å². The van der Waals surface area contributed by atoms with Gasteiger partial charge in [0.25, 0.3) is 5.91 Å². The highest BCUT2D eigenvalue weighted by molar-refractivity contribution is 8.76. The molecule has 0 saturated heterocycles. The van der Waals surface area contributed by atoms with Gasteiger partial charge >= 0.3 is 5.97 Å². The number of unbranched alkanes of at least 4 members (excludes halogenated alkanes) is 1. The Balaban J connectivity index is 1.89. The van der Waals surface area contributed by atoms with Crippen LogP contribution in [0.15, 0.2) is 41.4 Å². The minimum Gasteiger partial charge on any atom is -0.481 e. The first kappa shape index (κ1) is 38.4. The monoisotopic (exact) mass is 717 g/mol.